The Kier molecular flexibility index (Phi) is 4.33. The summed E-state index contributed by atoms with van der Waals surface area (Å²) in [7, 11) is 0. The first kappa shape index (κ1) is 15.8. The molecular formula is C17H19N5O2. The van der Waals surface area contributed by atoms with Crippen LogP contribution in [0.25, 0.3) is 11.4 Å². The molecule has 24 heavy (non-hydrogen) atoms. The van der Waals surface area contributed by atoms with Crippen LogP contribution in [0.5, 0.6) is 0 Å². The second kappa shape index (κ2) is 6.57. The number of furan rings is 1. The molecule has 7 nitrogen and oxygen atoms in total. The lowest BCUT2D eigenvalue weighted by Crippen LogP contribution is -2.30. The van der Waals surface area contributed by atoms with E-state index in [-0.39, 0.29) is 12.1 Å². The standard InChI is InChI=1S/C17H19N5O2/c1-10-4-9-15(24-10)11(2)18-17(23)20-14-7-5-13(6-8-14)16-19-12(3)21-22-16/h4-9,11H,1-3H3,(H2,18,20,23)(H,19,21,22). The summed E-state index contributed by atoms with van der Waals surface area (Å²) in [6.07, 6.45) is 0. The fraction of sp³-hybridized carbons (Fsp3) is 0.235. The maximum absolute atomic E-state index is 12.1. The zero-order valence-electron chi connectivity index (χ0n) is 13.8. The quantitative estimate of drug-likeness (QED) is 0.683. The van der Waals surface area contributed by atoms with Gasteiger partial charge in [-0.1, -0.05) is 0 Å². The van der Waals surface area contributed by atoms with Crippen LogP contribution in [0.1, 0.15) is 30.3 Å². The molecule has 0 fully saturated rings. The molecular weight excluding hydrogens is 306 g/mol. The van der Waals surface area contributed by atoms with Crippen LogP contribution >= 0.6 is 0 Å². The number of H-pyrrole nitrogens is 1. The SMILES string of the molecule is Cc1nc(-c2ccc(NC(=O)NC(C)c3ccc(C)o3)cc2)n[nH]1. The maximum atomic E-state index is 12.1. The first-order valence-electron chi connectivity index (χ1n) is 7.64. The van der Waals surface area contributed by atoms with Gasteiger partial charge in [-0.15, -0.1) is 0 Å². The molecule has 0 aliphatic rings. The van der Waals surface area contributed by atoms with Crippen LogP contribution in [0, 0.1) is 13.8 Å². The predicted octanol–water partition coefficient (Wildman–Crippen LogP) is 3.56. The number of benzene rings is 1. The van der Waals surface area contributed by atoms with E-state index in [1.807, 2.05) is 57.2 Å². The van der Waals surface area contributed by atoms with Crippen LogP contribution < -0.4 is 10.6 Å². The lowest BCUT2D eigenvalue weighted by molar-refractivity contribution is 0.247. The van der Waals surface area contributed by atoms with Gasteiger partial charge in [0.15, 0.2) is 5.82 Å². The number of aryl methyl sites for hydroxylation is 2. The number of hydrogen-bond donors (Lipinski definition) is 3. The summed E-state index contributed by atoms with van der Waals surface area (Å²) in [6.45, 7) is 5.58. The minimum atomic E-state index is -0.293. The third-order valence-electron chi connectivity index (χ3n) is 3.53. The number of carbonyl (C=O) groups excluding carboxylic acids is 1. The molecule has 1 atom stereocenters. The van der Waals surface area contributed by atoms with Crippen LogP contribution in [0.3, 0.4) is 0 Å². The molecule has 0 radical (unpaired) electrons. The highest BCUT2D eigenvalue weighted by Crippen LogP contribution is 2.19. The van der Waals surface area contributed by atoms with Crippen molar-refractivity contribution in [3.05, 3.63) is 53.7 Å². The van der Waals surface area contributed by atoms with Crippen LogP contribution in [-0.2, 0) is 0 Å². The van der Waals surface area contributed by atoms with Gasteiger partial charge in [-0.25, -0.2) is 9.78 Å². The number of nitrogens with one attached hydrogen (secondary N) is 3. The number of amides is 2. The highest BCUT2D eigenvalue weighted by Gasteiger charge is 2.13. The Morgan fingerprint density at radius 2 is 1.92 bits per heavy atom. The maximum Gasteiger partial charge on any atom is 0.319 e. The molecule has 3 rings (SSSR count). The van der Waals surface area contributed by atoms with Crippen LogP contribution in [0.2, 0.25) is 0 Å². The van der Waals surface area contributed by atoms with Crippen molar-refractivity contribution in [1.82, 2.24) is 20.5 Å². The van der Waals surface area contributed by atoms with Crippen molar-refractivity contribution in [2.45, 2.75) is 26.8 Å². The summed E-state index contributed by atoms with van der Waals surface area (Å²) in [5.74, 6) is 2.92. The van der Waals surface area contributed by atoms with Gasteiger partial charge in [0.25, 0.3) is 0 Å². The summed E-state index contributed by atoms with van der Waals surface area (Å²) < 4.78 is 5.50. The number of anilines is 1. The number of aromatic amines is 1. The molecule has 2 heterocycles. The Bertz CT molecular complexity index is 835. The number of urea groups is 1. The van der Waals surface area contributed by atoms with Crippen molar-refractivity contribution in [2.75, 3.05) is 5.32 Å². The van der Waals surface area contributed by atoms with Crippen molar-refractivity contribution >= 4 is 11.7 Å². The van der Waals surface area contributed by atoms with Gasteiger partial charge in [-0.3, -0.25) is 5.10 Å². The lowest BCUT2D eigenvalue weighted by Gasteiger charge is -2.12. The Labute approximate surface area is 139 Å². The summed E-state index contributed by atoms with van der Waals surface area (Å²) in [4.78, 5) is 16.3. The third-order valence-corrected chi connectivity index (χ3v) is 3.53. The van der Waals surface area contributed by atoms with E-state index < -0.39 is 0 Å². The first-order valence-corrected chi connectivity index (χ1v) is 7.64. The fourth-order valence-electron chi connectivity index (χ4n) is 2.30. The smallest absolute Gasteiger partial charge is 0.319 e. The van der Waals surface area contributed by atoms with Gasteiger partial charge in [-0.2, -0.15) is 5.10 Å². The molecule has 1 unspecified atom stereocenters. The van der Waals surface area contributed by atoms with Gasteiger partial charge < -0.3 is 15.1 Å². The van der Waals surface area contributed by atoms with Crippen molar-refractivity contribution < 1.29 is 9.21 Å². The summed E-state index contributed by atoms with van der Waals surface area (Å²) in [5.41, 5.74) is 1.57. The molecule has 3 N–H and O–H groups in total. The van der Waals surface area contributed by atoms with Crippen molar-refractivity contribution in [1.29, 1.82) is 0 Å². The van der Waals surface area contributed by atoms with Gasteiger partial charge in [-0.05, 0) is 57.2 Å². The third kappa shape index (κ3) is 3.62. The Hall–Kier alpha value is -3.09. The molecule has 7 heteroatoms. The van der Waals surface area contributed by atoms with Crippen LogP contribution in [-0.4, -0.2) is 21.2 Å². The van der Waals surface area contributed by atoms with E-state index in [4.69, 9.17) is 4.42 Å². The van der Waals surface area contributed by atoms with E-state index in [9.17, 15) is 4.79 Å². The number of aromatic nitrogens is 3. The highest BCUT2D eigenvalue weighted by atomic mass is 16.3. The number of hydrogen-bond acceptors (Lipinski definition) is 4. The van der Waals surface area contributed by atoms with E-state index in [0.29, 0.717) is 11.5 Å². The normalized spacial score (nSPS) is 12.0. The molecule has 0 saturated heterocycles. The Balaban J connectivity index is 1.60. The lowest BCUT2D eigenvalue weighted by atomic mass is 10.2. The van der Waals surface area contributed by atoms with Gasteiger partial charge in [0.1, 0.15) is 17.3 Å². The summed E-state index contributed by atoms with van der Waals surface area (Å²) in [5, 5.41) is 12.5. The number of rotatable bonds is 4. The fourth-order valence-corrected chi connectivity index (χ4v) is 2.30. The number of carbonyl (C=O) groups is 1. The molecule has 0 spiro atoms. The average Bonchev–Trinajstić information content (AvgIpc) is 3.16. The van der Waals surface area contributed by atoms with Gasteiger partial charge in [0.05, 0.1) is 6.04 Å². The number of nitrogens with zero attached hydrogens (tertiary/aromatic N) is 2. The molecule has 3 aromatic rings. The van der Waals surface area contributed by atoms with Gasteiger partial charge >= 0.3 is 6.03 Å². The molecule has 1 aromatic carbocycles. The topological polar surface area (TPSA) is 95.8 Å². The van der Waals surface area contributed by atoms with Crippen LogP contribution in [0.15, 0.2) is 40.8 Å². The molecule has 0 bridgehead atoms. The van der Waals surface area contributed by atoms with Gasteiger partial charge in [0.2, 0.25) is 0 Å². The summed E-state index contributed by atoms with van der Waals surface area (Å²) >= 11 is 0. The van der Waals surface area contributed by atoms with E-state index in [0.717, 1.165) is 22.9 Å². The second-order valence-corrected chi connectivity index (χ2v) is 5.59. The van der Waals surface area contributed by atoms with E-state index in [1.165, 1.54) is 0 Å². The van der Waals surface area contributed by atoms with Crippen molar-refractivity contribution in [2.24, 2.45) is 0 Å². The highest BCUT2D eigenvalue weighted by molar-refractivity contribution is 5.89. The van der Waals surface area contributed by atoms with Crippen LogP contribution in [0.4, 0.5) is 10.5 Å². The molecule has 2 aromatic heterocycles. The molecule has 0 aliphatic heterocycles. The minimum absolute atomic E-state index is 0.214. The van der Waals surface area contributed by atoms with E-state index in [1.54, 1.807) is 0 Å². The van der Waals surface area contributed by atoms with Crippen molar-refractivity contribution in [3.63, 3.8) is 0 Å². The zero-order chi connectivity index (χ0) is 17.1. The monoisotopic (exact) mass is 325 g/mol. The largest absolute Gasteiger partial charge is 0.464 e. The zero-order valence-corrected chi connectivity index (χ0v) is 13.8. The Morgan fingerprint density at radius 1 is 1.17 bits per heavy atom. The van der Waals surface area contributed by atoms with E-state index >= 15 is 0 Å². The van der Waals surface area contributed by atoms with Gasteiger partial charge in [0, 0.05) is 11.3 Å². The molecule has 0 saturated carbocycles. The predicted molar refractivity (Wildman–Crippen MR) is 90.6 cm³/mol. The average molecular weight is 325 g/mol. The molecule has 2 amide bonds. The summed E-state index contributed by atoms with van der Waals surface area (Å²) in [6, 6.07) is 10.6. The first-order chi connectivity index (χ1) is 11.5. The Morgan fingerprint density at radius 3 is 2.50 bits per heavy atom. The molecule has 124 valence electrons. The second-order valence-electron chi connectivity index (χ2n) is 5.59. The van der Waals surface area contributed by atoms with Crippen molar-refractivity contribution in [3.8, 4) is 11.4 Å². The molecule has 0 aliphatic carbocycles. The minimum Gasteiger partial charge on any atom is -0.464 e. The van der Waals surface area contributed by atoms with E-state index in [2.05, 4.69) is 25.8 Å².